The van der Waals surface area contributed by atoms with Crippen molar-refractivity contribution in [3.05, 3.63) is 29.8 Å². The number of sulfonamides is 1. The van der Waals surface area contributed by atoms with Crippen molar-refractivity contribution in [1.82, 2.24) is 9.21 Å². The van der Waals surface area contributed by atoms with Crippen LogP contribution in [0.1, 0.15) is 25.3 Å². The highest BCUT2D eigenvalue weighted by molar-refractivity contribution is 7.89. The molecule has 0 saturated carbocycles. The molecule has 1 fully saturated rings. The predicted octanol–water partition coefficient (Wildman–Crippen LogP) is 1.56. The number of anilines is 1. The topological polar surface area (TPSA) is 107 Å². The van der Waals surface area contributed by atoms with Crippen molar-refractivity contribution in [2.24, 2.45) is 0 Å². The number of hydrogen-bond donors (Lipinski definition) is 2. The average molecular weight is 434 g/mol. The van der Waals surface area contributed by atoms with Crippen LogP contribution in [0.5, 0.6) is 0 Å². The van der Waals surface area contributed by atoms with Crippen molar-refractivity contribution in [1.29, 1.82) is 0 Å². The third-order valence-corrected chi connectivity index (χ3v) is 6.60. The Morgan fingerprint density at radius 3 is 2.25 bits per heavy atom. The molecular formula is C18H28ClN3O5S. The summed E-state index contributed by atoms with van der Waals surface area (Å²) >= 11 is 0. The lowest BCUT2D eigenvalue weighted by molar-refractivity contribution is -0.139. The van der Waals surface area contributed by atoms with Gasteiger partial charge in [0.2, 0.25) is 15.9 Å². The van der Waals surface area contributed by atoms with Crippen LogP contribution in [-0.4, -0.2) is 72.6 Å². The highest BCUT2D eigenvalue weighted by Crippen LogP contribution is 2.19. The largest absolute Gasteiger partial charge is 0.480 e. The van der Waals surface area contributed by atoms with E-state index in [-0.39, 0.29) is 43.2 Å². The first-order valence-corrected chi connectivity index (χ1v) is 10.6. The molecule has 1 aliphatic rings. The molecule has 1 aliphatic heterocycles. The van der Waals surface area contributed by atoms with Gasteiger partial charge in [-0.2, -0.15) is 0 Å². The predicted molar refractivity (Wildman–Crippen MR) is 110 cm³/mol. The third kappa shape index (κ3) is 7.05. The standard InChI is InChI=1S/C18H27N3O5S.ClH/c1-3-27(25,26)21-10-8-16(9-11-21)20(13-18(23)24)12-17(22)19-15-6-4-14(2)5-7-15;/h4-7,16H,3,8-13H2,1-2H3,(H,19,22)(H,23,24);1H. The number of carbonyl (C=O) groups is 2. The van der Waals surface area contributed by atoms with Gasteiger partial charge in [-0.25, -0.2) is 12.7 Å². The molecule has 0 radical (unpaired) electrons. The fraction of sp³-hybridized carbons (Fsp3) is 0.556. The SMILES string of the molecule is CCS(=O)(=O)N1CCC(N(CC(=O)O)CC(=O)Nc2ccc(C)cc2)CC1.Cl. The number of halogens is 1. The van der Waals surface area contributed by atoms with Crippen molar-refractivity contribution < 1.29 is 23.1 Å². The molecule has 2 N–H and O–H groups in total. The van der Waals surface area contributed by atoms with E-state index in [2.05, 4.69) is 5.32 Å². The molecule has 158 valence electrons. The highest BCUT2D eigenvalue weighted by atomic mass is 35.5. The van der Waals surface area contributed by atoms with Gasteiger partial charge in [-0.1, -0.05) is 17.7 Å². The van der Waals surface area contributed by atoms with Gasteiger partial charge in [0.15, 0.2) is 0 Å². The number of nitrogens with one attached hydrogen (secondary N) is 1. The summed E-state index contributed by atoms with van der Waals surface area (Å²) in [6.07, 6.45) is 1.01. The molecule has 28 heavy (non-hydrogen) atoms. The summed E-state index contributed by atoms with van der Waals surface area (Å²) in [6, 6.07) is 7.21. The lowest BCUT2D eigenvalue weighted by Crippen LogP contribution is -2.50. The van der Waals surface area contributed by atoms with Gasteiger partial charge < -0.3 is 10.4 Å². The molecule has 1 aromatic carbocycles. The smallest absolute Gasteiger partial charge is 0.317 e. The second-order valence-corrected chi connectivity index (χ2v) is 9.00. The molecule has 1 amide bonds. The number of carboxylic acid groups (broad SMARTS) is 1. The maximum atomic E-state index is 12.3. The van der Waals surface area contributed by atoms with Gasteiger partial charge in [-0.3, -0.25) is 14.5 Å². The summed E-state index contributed by atoms with van der Waals surface area (Å²) in [6.45, 7) is 3.93. The Labute approximate surface area is 172 Å². The van der Waals surface area contributed by atoms with Crippen molar-refractivity contribution >= 4 is 40.0 Å². The number of aliphatic carboxylic acids is 1. The van der Waals surface area contributed by atoms with Crippen LogP contribution in [0, 0.1) is 6.92 Å². The number of benzene rings is 1. The average Bonchev–Trinajstić information content (AvgIpc) is 2.63. The molecule has 2 rings (SSSR count). The molecule has 0 bridgehead atoms. The highest BCUT2D eigenvalue weighted by Gasteiger charge is 2.31. The van der Waals surface area contributed by atoms with Gasteiger partial charge in [0.25, 0.3) is 0 Å². The Hall–Kier alpha value is -1.68. The van der Waals surface area contributed by atoms with E-state index in [0.29, 0.717) is 31.6 Å². The van der Waals surface area contributed by atoms with Crippen LogP contribution in [0.2, 0.25) is 0 Å². The summed E-state index contributed by atoms with van der Waals surface area (Å²) in [5.41, 5.74) is 1.74. The molecule has 1 aromatic rings. The van der Waals surface area contributed by atoms with Crippen molar-refractivity contribution in [3.8, 4) is 0 Å². The number of piperidine rings is 1. The van der Waals surface area contributed by atoms with Gasteiger partial charge in [0.05, 0.1) is 18.8 Å². The quantitative estimate of drug-likeness (QED) is 0.644. The monoisotopic (exact) mass is 433 g/mol. The van der Waals surface area contributed by atoms with Gasteiger partial charge in [-0.15, -0.1) is 12.4 Å². The fourth-order valence-corrected chi connectivity index (χ4v) is 4.31. The van der Waals surface area contributed by atoms with E-state index in [1.54, 1.807) is 24.0 Å². The van der Waals surface area contributed by atoms with E-state index in [0.717, 1.165) is 5.56 Å². The minimum atomic E-state index is -3.24. The number of carbonyl (C=O) groups excluding carboxylic acids is 1. The normalized spacial score (nSPS) is 15.8. The molecule has 0 spiro atoms. The van der Waals surface area contributed by atoms with Crippen LogP contribution >= 0.6 is 12.4 Å². The molecule has 1 heterocycles. The minimum absolute atomic E-state index is 0. The van der Waals surface area contributed by atoms with E-state index in [1.807, 2.05) is 19.1 Å². The fourth-order valence-electron chi connectivity index (χ4n) is 3.18. The number of rotatable bonds is 8. The van der Waals surface area contributed by atoms with Crippen LogP contribution < -0.4 is 5.32 Å². The second kappa shape index (κ2) is 10.8. The number of hydrogen-bond acceptors (Lipinski definition) is 5. The van der Waals surface area contributed by atoms with E-state index in [4.69, 9.17) is 0 Å². The van der Waals surface area contributed by atoms with Gasteiger partial charge in [-0.05, 0) is 38.8 Å². The molecule has 0 aliphatic carbocycles. The molecular weight excluding hydrogens is 406 g/mol. The zero-order valence-electron chi connectivity index (χ0n) is 16.1. The van der Waals surface area contributed by atoms with E-state index < -0.39 is 16.0 Å². The Morgan fingerprint density at radius 1 is 1.18 bits per heavy atom. The third-order valence-electron chi connectivity index (χ3n) is 4.72. The first-order valence-electron chi connectivity index (χ1n) is 9.01. The number of aryl methyl sites for hydroxylation is 1. The summed E-state index contributed by atoms with van der Waals surface area (Å²) in [4.78, 5) is 25.2. The summed E-state index contributed by atoms with van der Waals surface area (Å²) in [5, 5.41) is 12.0. The van der Waals surface area contributed by atoms with Crippen LogP contribution in [0.3, 0.4) is 0 Å². The first-order chi connectivity index (χ1) is 12.7. The van der Waals surface area contributed by atoms with Crippen LogP contribution in [0.15, 0.2) is 24.3 Å². The summed E-state index contributed by atoms with van der Waals surface area (Å²) in [7, 11) is -3.24. The number of carboxylic acids is 1. The van der Waals surface area contributed by atoms with Crippen molar-refractivity contribution in [3.63, 3.8) is 0 Å². The maximum absolute atomic E-state index is 12.3. The van der Waals surface area contributed by atoms with Gasteiger partial charge in [0.1, 0.15) is 0 Å². The number of nitrogens with zero attached hydrogens (tertiary/aromatic N) is 2. The second-order valence-electron chi connectivity index (χ2n) is 6.74. The Balaban J connectivity index is 0.00000392. The molecule has 0 unspecified atom stereocenters. The Kier molecular flexibility index (Phi) is 9.35. The Morgan fingerprint density at radius 2 is 1.75 bits per heavy atom. The van der Waals surface area contributed by atoms with Gasteiger partial charge in [0, 0.05) is 24.8 Å². The first kappa shape index (κ1) is 24.4. The van der Waals surface area contributed by atoms with E-state index in [9.17, 15) is 23.1 Å². The molecule has 1 saturated heterocycles. The minimum Gasteiger partial charge on any atom is -0.480 e. The van der Waals surface area contributed by atoms with Crippen LogP contribution in [-0.2, 0) is 19.6 Å². The lowest BCUT2D eigenvalue weighted by Gasteiger charge is -2.36. The molecule has 0 atom stereocenters. The van der Waals surface area contributed by atoms with Crippen LogP contribution in [0.25, 0.3) is 0 Å². The van der Waals surface area contributed by atoms with Gasteiger partial charge >= 0.3 is 5.97 Å². The van der Waals surface area contributed by atoms with Crippen molar-refractivity contribution in [2.45, 2.75) is 32.7 Å². The Bertz CT molecular complexity index is 762. The van der Waals surface area contributed by atoms with Crippen molar-refractivity contribution in [2.75, 3.05) is 37.2 Å². The molecule has 8 nitrogen and oxygen atoms in total. The van der Waals surface area contributed by atoms with E-state index in [1.165, 1.54) is 4.31 Å². The molecule has 10 heteroatoms. The van der Waals surface area contributed by atoms with Crippen LogP contribution in [0.4, 0.5) is 5.69 Å². The zero-order chi connectivity index (χ0) is 20.0. The van der Waals surface area contributed by atoms with E-state index >= 15 is 0 Å². The lowest BCUT2D eigenvalue weighted by atomic mass is 10.0. The zero-order valence-corrected chi connectivity index (χ0v) is 17.8. The summed E-state index contributed by atoms with van der Waals surface area (Å²) < 4.78 is 25.4. The number of amides is 1. The molecule has 0 aromatic heterocycles. The summed E-state index contributed by atoms with van der Waals surface area (Å²) in [5.74, 6) is -1.25. The maximum Gasteiger partial charge on any atom is 0.317 e.